The fourth-order valence-electron chi connectivity index (χ4n) is 4.99. The van der Waals surface area contributed by atoms with Crippen molar-refractivity contribution >= 4 is 11.7 Å². The van der Waals surface area contributed by atoms with E-state index >= 15 is 0 Å². The highest BCUT2D eigenvalue weighted by Crippen LogP contribution is 2.38. The third kappa shape index (κ3) is 4.88. The van der Waals surface area contributed by atoms with Gasteiger partial charge in [-0.25, -0.2) is 4.79 Å². The van der Waals surface area contributed by atoms with Crippen molar-refractivity contribution in [3.8, 4) is 28.6 Å². The van der Waals surface area contributed by atoms with Crippen LogP contribution < -0.4 is 15.4 Å². The first-order valence-electron chi connectivity index (χ1n) is 12.6. The van der Waals surface area contributed by atoms with E-state index in [2.05, 4.69) is 21.9 Å². The summed E-state index contributed by atoms with van der Waals surface area (Å²) >= 11 is 0. The summed E-state index contributed by atoms with van der Waals surface area (Å²) < 4.78 is 11.5. The molecule has 0 bridgehead atoms. The molecule has 9 heteroatoms. The summed E-state index contributed by atoms with van der Waals surface area (Å²) in [5.74, 6) is 1.74. The van der Waals surface area contributed by atoms with Crippen LogP contribution in [0.25, 0.3) is 22.8 Å². The molecule has 2 aliphatic rings. The number of carbonyl (C=O) groups excluding carboxylic acids is 1. The molecule has 1 fully saturated rings. The molecule has 0 saturated carbocycles. The number of aliphatic hydroxyl groups is 1. The van der Waals surface area contributed by atoms with Crippen molar-refractivity contribution in [1.82, 2.24) is 20.4 Å². The van der Waals surface area contributed by atoms with Crippen LogP contribution in [-0.2, 0) is 6.42 Å². The lowest BCUT2D eigenvalue weighted by atomic mass is 10.0. The van der Waals surface area contributed by atoms with E-state index in [0.29, 0.717) is 37.6 Å². The van der Waals surface area contributed by atoms with Gasteiger partial charge in [0, 0.05) is 31.3 Å². The van der Waals surface area contributed by atoms with Crippen molar-refractivity contribution in [3.05, 3.63) is 47.5 Å². The van der Waals surface area contributed by atoms with E-state index in [9.17, 15) is 9.90 Å². The highest BCUT2D eigenvalue weighted by molar-refractivity contribution is 5.76. The standard InChI is InChI=1S/C27H33N5O4/c1-16(2)35-24-10-7-17(15-23(24)28-3)26-30-25(31-36-26)21-6-4-5-20-19(21)8-9-22(20)29-27(34)32-13-11-18(33)12-14-32/h4-7,10,15-16,18,22,28,33H,8-9,11-14H2,1-3H3,(H,29,34)/t22-/m1/s1. The number of rotatable bonds is 6. The second kappa shape index (κ2) is 10.2. The zero-order valence-corrected chi connectivity index (χ0v) is 21.0. The second-order valence-corrected chi connectivity index (χ2v) is 9.68. The SMILES string of the molecule is CNc1cc(-c2nc(-c3cccc4c3CC[C@H]4NC(=O)N3CCC(O)CC3)no2)ccc1OC(C)C. The Hall–Kier alpha value is -3.59. The summed E-state index contributed by atoms with van der Waals surface area (Å²) in [6, 6.07) is 11.7. The summed E-state index contributed by atoms with van der Waals surface area (Å²) in [5.41, 5.74) is 4.81. The minimum absolute atomic E-state index is 0.0580. The van der Waals surface area contributed by atoms with Gasteiger partial charge in [0.25, 0.3) is 5.89 Å². The molecule has 5 rings (SSSR count). The molecule has 190 valence electrons. The number of benzene rings is 2. The fraction of sp³-hybridized carbons (Fsp3) is 0.444. The first kappa shape index (κ1) is 24.1. The maximum atomic E-state index is 12.8. The van der Waals surface area contributed by atoms with Gasteiger partial charge in [0.15, 0.2) is 0 Å². The zero-order chi connectivity index (χ0) is 25.2. The molecule has 0 radical (unpaired) electrons. The first-order valence-corrected chi connectivity index (χ1v) is 12.6. The molecule has 1 aliphatic carbocycles. The number of aromatic nitrogens is 2. The third-order valence-corrected chi connectivity index (χ3v) is 6.85. The predicted molar refractivity (Wildman–Crippen MR) is 137 cm³/mol. The lowest BCUT2D eigenvalue weighted by molar-refractivity contribution is 0.0928. The molecule has 2 amide bonds. The van der Waals surface area contributed by atoms with Crippen molar-refractivity contribution in [2.24, 2.45) is 0 Å². The predicted octanol–water partition coefficient (Wildman–Crippen LogP) is 4.39. The van der Waals surface area contributed by atoms with E-state index in [1.54, 1.807) is 4.90 Å². The van der Waals surface area contributed by atoms with E-state index in [0.717, 1.165) is 46.5 Å². The molecular formula is C27H33N5O4. The van der Waals surface area contributed by atoms with E-state index in [4.69, 9.17) is 14.2 Å². The van der Waals surface area contributed by atoms with Crippen LogP contribution in [0, 0.1) is 0 Å². The Morgan fingerprint density at radius 3 is 2.75 bits per heavy atom. The maximum Gasteiger partial charge on any atom is 0.317 e. The summed E-state index contributed by atoms with van der Waals surface area (Å²) in [6.45, 7) is 5.14. The van der Waals surface area contributed by atoms with Crippen LogP contribution in [0.2, 0.25) is 0 Å². The van der Waals surface area contributed by atoms with Gasteiger partial charge in [-0.1, -0.05) is 23.4 Å². The Labute approximate surface area is 210 Å². The number of ether oxygens (including phenoxy) is 1. The van der Waals surface area contributed by atoms with Gasteiger partial charge in [0.2, 0.25) is 5.82 Å². The second-order valence-electron chi connectivity index (χ2n) is 9.68. The van der Waals surface area contributed by atoms with Gasteiger partial charge in [-0.15, -0.1) is 0 Å². The first-order chi connectivity index (χ1) is 17.4. The Morgan fingerprint density at radius 2 is 2.00 bits per heavy atom. The van der Waals surface area contributed by atoms with Crippen LogP contribution in [0.15, 0.2) is 40.9 Å². The van der Waals surface area contributed by atoms with Crippen LogP contribution in [-0.4, -0.2) is 58.5 Å². The maximum absolute atomic E-state index is 12.8. The van der Waals surface area contributed by atoms with Gasteiger partial charge in [-0.2, -0.15) is 4.98 Å². The van der Waals surface area contributed by atoms with Crippen LogP contribution in [0.5, 0.6) is 5.75 Å². The molecular weight excluding hydrogens is 458 g/mol. The lowest BCUT2D eigenvalue weighted by Gasteiger charge is -2.30. The van der Waals surface area contributed by atoms with Crippen LogP contribution in [0.3, 0.4) is 0 Å². The number of fused-ring (bicyclic) bond motifs is 1. The molecule has 36 heavy (non-hydrogen) atoms. The summed E-state index contributed by atoms with van der Waals surface area (Å²) in [7, 11) is 1.85. The van der Waals surface area contributed by atoms with Gasteiger partial charge in [0.05, 0.1) is 23.9 Å². The molecule has 1 aromatic heterocycles. The van der Waals surface area contributed by atoms with Crippen molar-refractivity contribution < 1.29 is 19.2 Å². The number of carbonyl (C=O) groups is 1. The number of nitrogens with zero attached hydrogens (tertiary/aromatic N) is 3. The number of likely N-dealkylation sites (tertiary alicyclic amines) is 1. The largest absolute Gasteiger partial charge is 0.489 e. The zero-order valence-electron chi connectivity index (χ0n) is 21.0. The van der Waals surface area contributed by atoms with Gasteiger partial charge in [0.1, 0.15) is 5.75 Å². The van der Waals surface area contributed by atoms with Crippen molar-refractivity contribution in [1.29, 1.82) is 0 Å². The molecule has 2 heterocycles. The molecule has 2 aromatic carbocycles. The fourth-order valence-corrected chi connectivity index (χ4v) is 4.99. The summed E-state index contributed by atoms with van der Waals surface area (Å²) in [6.07, 6.45) is 2.66. The number of anilines is 1. The number of amides is 2. The molecule has 1 aliphatic heterocycles. The van der Waals surface area contributed by atoms with Gasteiger partial charge >= 0.3 is 6.03 Å². The van der Waals surface area contributed by atoms with E-state index in [1.807, 2.05) is 51.2 Å². The Morgan fingerprint density at radius 1 is 1.19 bits per heavy atom. The Balaban J connectivity index is 1.35. The molecule has 0 unspecified atom stereocenters. The van der Waals surface area contributed by atoms with Crippen molar-refractivity contribution in [2.75, 3.05) is 25.5 Å². The van der Waals surface area contributed by atoms with Crippen molar-refractivity contribution in [2.45, 2.75) is 57.8 Å². The number of nitrogens with one attached hydrogen (secondary N) is 2. The third-order valence-electron chi connectivity index (χ3n) is 6.85. The minimum Gasteiger partial charge on any atom is -0.489 e. The number of urea groups is 1. The number of hydrogen-bond donors (Lipinski definition) is 3. The monoisotopic (exact) mass is 491 g/mol. The van der Waals surface area contributed by atoms with Crippen LogP contribution in [0.4, 0.5) is 10.5 Å². The molecule has 3 N–H and O–H groups in total. The van der Waals surface area contributed by atoms with Gasteiger partial charge in [-0.05, 0) is 68.9 Å². The average Bonchev–Trinajstić information content (AvgIpc) is 3.52. The Bertz CT molecular complexity index is 1230. The molecule has 1 atom stereocenters. The quantitative estimate of drug-likeness (QED) is 0.469. The van der Waals surface area contributed by atoms with E-state index in [-0.39, 0.29) is 24.3 Å². The minimum atomic E-state index is -0.306. The van der Waals surface area contributed by atoms with Gasteiger partial charge in [-0.3, -0.25) is 0 Å². The molecule has 1 saturated heterocycles. The van der Waals surface area contributed by atoms with Gasteiger partial charge < -0.3 is 29.9 Å². The highest BCUT2D eigenvalue weighted by Gasteiger charge is 2.30. The molecule has 0 spiro atoms. The van der Waals surface area contributed by atoms with Crippen LogP contribution in [0.1, 0.15) is 50.3 Å². The normalized spacial score (nSPS) is 17.8. The number of aliphatic hydroxyl groups excluding tert-OH is 1. The molecule has 3 aromatic rings. The number of hydrogen-bond acceptors (Lipinski definition) is 7. The summed E-state index contributed by atoms with van der Waals surface area (Å²) in [4.78, 5) is 19.3. The lowest BCUT2D eigenvalue weighted by Crippen LogP contribution is -2.46. The summed E-state index contributed by atoms with van der Waals surface area (Å²) in [5, 5.41) is 20.3. The van der Waals surface area contributed by atoms with Crippen LogP contribution >= 0.6 is 0 Å². The van der Waals surface area contributed by atoms with Crippen molar-refractivity contribution in [3.63, 3.8) is 0 Å². The smallest absolute Gasteiger partial charge is 0.317 e. The highest BCUT2D eigenvalue weighted by atomic mass is 16.5. The van der Waals surface area contributed by atoms with E-state index in [1.165, 1.54) is 0 Å². The number of piperidine rings is 1. The van der Waals surface area contributed by atoms with E-state index < -0.39 is 0 Å². The molecule has 9 nitrogen and oxygen atoms in total. The Kier molecular flexibility index (Phi) is 6.82. The topological polar surface area (TPSA) is 113 Å². The average molecular weight is 492 g/mol.